The van der Waals surface area contributed by atoms with E-state index < -0.39 is 10.0 Å². The number of benzene rings is 2. The third kappa shape index (κ3) is 4.95. The van der Waals surface area contributed by atoms with Crippen molar-refractivity contribution in [3.8, 4) is 0 Å². The molecule has 0 aromatic heterocycles. The van der Waals surface area contributed by atoms with Crippen molar-refractivity contribution in [3.63, 3.8) is 0 Å². The van der Waals surface area contributed by atoms with E-state index in [4.69, 9.17) is 4.74 Å². The van der Waals surface area contributed by atoms with Crippen LogP contribution in [0.1, 0.15) is 18.4 Å². The van der Waals surface area contributed by atoms with Gasteiger partial charge in [-0.1, -0.05) is 12.1 Å². The molecule has 1 saturated heterocycles. The van der Waals surface area contributed by atoms with Crippen molar-refractivity contribution in [1.29, 1.82) is 0 Å². The zero-order valence-corrected chi connectivity index (χ0v) is 15.5. The van der Waals surface area contributed by atoms with Crippen LogP contribution in [-0.4, -0.2) is 34.7 Å². The Morgan fingerprint density at radius 2 is 1.85 bits per heavy atom. The summed E-state index contributed by atoms with van der Waals surface area (Å²) in [5, 5.41) is 0. The van der Waals surface area contributed by atoms with Crippen molar-refractivity contribution >= 4 is 21.4 Å². The SMILES string of the molecule is COC1CCCN(c2ccc(NS(=O)(=O)Cc3ccc(F)cc3)cc2)C1. The highest BCUT2D eigenvalue weighted by Crippen LogP contribution is 2.23. The Balaban J connectivity index is 1.63. The first-order valence-corrected chi connectivity index (χ1v) is 10.2. The minimum atomic E-state index is -3.56. The van der Waals surface area contributed by atoms with E-state index in [2.05, 4.69) is 9.62 Å². The van der Waals surface area contributed by atoms with E-state index in [1.807, 2.05) is 12.1 Å². The van der Waals surface area contributed by atoms with Gasteiger partial charge in [0.2, 0.25) is 10.0 Å². The molecule has 3 rings (SSSR count). The van der Waals surface area contributed by atoms with E-state index in [1.165, 1.54) is 24.3 Å². The first-order valence-electron chi connectivity index (χ1n) is 8.58. The molecule has 1 aliphatic heterocycles. The summed E-state index contributed by atoms with van der Waals surface area (Å²) in [6.45, 7) is 1.81. The third-order valence-corrected chi connectivity index (χ3v) is 5.75. The third-order valence-electron chi connectivity index (χ3n) is 4.49. The van der Waals surface area contributed by atoms with Gasteiger partial charge in [0.15, 0.2) is 0 Å². The molecule has 1 fully saturated rings. The van der Waals surface area contributed by atoms with Crippen LogP contribution in [0.25, 0.3) is 0 Å². The van der Waals surface area contributed by atoms with E-state index in [0.29, 0.717) is 11.3 Å². The molecular formula is C19H23FN2O3S. The first-order chi connectivity index (χ1) is 12.4. The number of ether oxygens (including phenoxy) is 1. The standard InChI is InChI=1S/C19H23FN2O3S/c1-25-19-3-2-12-22(13-19)18-10-8-17(9-11-18)21-26(23,24)14-15-4-6-16(20)7-5-15/h4-11,19,21H,2-3,12-14H2,1H3. The van der Waals surface area contributed by atoms with Crippen LogP contribution in [0.15, 0.2) is 48.5 Å². The topological polar surface area (TPSA) is 58.6 Å². The van der Waals surface area contributed by atoms with Gasteiger partial charge in [0, 0.05) is 31.6 Å². The fourth-order valence-corrected chi connectivity index (χ4v) is 4.32. The second-order valence-electron chi connectivity index (χ2n) is 6.48. The summed E-state index contributed by atoms with van der Waals surface area (Å²) in [6.07, 6.45) is 2.37. The minimum Gasteiger partial charge on any atom is -0.380 e. The van der Waals surface area contributed by atoms with Crippen molar-refractivity contribution < 1.29 is 17.5 Å². The highest BCUT2D eigenvalue weighted by molar-refractivity contribution is 7.91. The normalized spacial score (nSPS) is 17.9. The van der Waals surface area contributed by atoms with Crippen molar-refractivity contribution in [2.45, 2.75) is 24.7 Å². The van der Waals surface area contributed by atoms with Crippen molar-refractivity contribution in [2.75, 3.05) is 29.8 Å². The molecule has 5 nitrogen and oxygen atoms in total. The molecule has 1 heterocycles. The number of nitrogens with one attached hydrogen (secondary N) is 1. The van der Waals surface area contributed by atoms with Gasteiger partial charge in [0.1, 0.15) is 5.82 Å². The van der Waals surface area contributed by atoms with E-state index in [1.54, 1.807) is 19.2 Å². The number of hydrogen-bond acceptors (Lipinski definition) is 4. The zero-order chi connectivity index (χ0) is 18.6. The maximum atomic E-state index is 12.9. The van der Waals surface area contributed by atoms with E-state index in [9.17, 15) is 12.8 Å². The molecule has 1 N–H and O–H groups in total. The maximum Gasteiger partial charge on any atom is 0.236 e. The van der Waals surface area contributed by atoms with Crippen LogP contribution in [0.3, 0.4) is 0 Å². The first kappa shape index (κ1) is 18.7. The molecule has 1 unspecified atom stereocenters. The Kier molecular flexibility index (Phi) is 5.78. The van der Waals surface area contributed by atoms with Crippen molar-refractivity contribution in [3.05, 3.63) is 59.9 Å². The zero-order valence-electron chi connectivity index (χ0n) is 14.7. The molecule has 2 aromatic rings. The molecular weight excluding hydrogens is 355 g/mol. The molecule has 0 spiro atoms. The summed E-state index contributed by atoms with van der Waals surface area (Å²) >= 11 is 0. The summed E-state index contributed by atoms with van der Waals surface area (Å²) in [5.74, 6) is -0.584. The van der Waals surface area contributed by atoms with Gasteiger partial charge in [-0.25, -0.2) is 12.8 Å². The summed E-state index contributed by atoms with van der Waals surface area (Å²) in [4.78, 5) is 2.24. The number of sulfonamides is 1. The summed E-state index contributed by atoms with van der Waals surface area (Å²) in [7, 11) is -1.83. The van der Waals surface area contributed by atoms with Gasteiger partial charge in [-0.15, -0.1) is 0 Å². The van der Waals surface area contributed by atoms with Gasteiger partial charge in [0.25, 0.3) is 0 Å². The average molecular weight is 378 g/mol. The molecule has 26 heavy (non-hydrogen) atoms. The van der Waals surface area contributed by atoms with Crippen LogP contribution >= 0.6 is 0 Å². The number of piperidine rings is 1. The molecule has 0 amide bonds. The lowest BCUT2D eigenvalue weighted by Gasteiger charge is -2.33. The molecule has 140 valence electrons. The van der Waals surface area contributed by atoms with Crippen LogP contribution in [0.2, 0.25) is 0 Å². The maximum absolute atomic E-state index is 12.9. The van der Waals surface area contributed by atoms with E-state index in [0.717, 1.165) is 31.6 Å². The van der Waals surface area contributed by atoms with Crippen molar-refractivity contribution in [1.82, 2.24) is 0 Å². The average Bonchev–Trinajstić information content (AvgIpc) is 2.64. The van der Waals surface area contributed by atoms with Crippen molar-refractivity contribution in [2.24, 2.45) is 0 Å². The molecule has 0 bridgehead atoms. The number of rotatable bonds is 6. The second kappa shape index (κ2) is 8.05. The monoisotopic (exact) mass is 378 g/mol. The lowest BCUT2D eigenvalue weighted by Crippen LogP contribution is -2.39. The number of hydrogen-bond donors (Lipinski definition) is 1. The fourth-order valence-electron chi connectivity index (χ4n) is 3.12. The molecule has 1 atom stereocenters. The molecule has 0 aliphatic carbocycles. The lowest BCUT2D eigenvalue weighted by molar-refractivity contribution is 0.0893. The molecule has 0 radical (unpaired) electrons. The highest BCUT2D eigenvalue weighted by atomic mass is 32.2. The Labute approximate surface area is 153 Å². The van der Waals surface area contributed by atoms with Crippen LogP contribution in [0, 0.1) is 5.82 Å². The van der Waals surface area contributed by atoms with Crippen LogP contribution in [0.4, 0.5) is 15.8 Å². The molecule has 7 heteroatoms. The largest absolute Gasteiger partial charge is 0.380 e. The molecule has 2 aromatic carbocycles. The van der Waals surface area contributed by atoms with E-state index >= 15 is 0 Å². The van der Waals surface area contributed by atoms with Crippen LogP contribution < -0.4 is 9.62 Å². The number of halogens is 1. The van der Waals surface area contributed by atoms with Gasteiger partial charge < -0.3 is 9.64 Å². The number of methoxy groups -OCH3 is 1. The predicted molar refractivity (Wildman–Crippen MR) is 101 cm³/mol. The second-order valence-corrected chi connectivity index (χ2v) is 8.20. The Bertz CT molecular complexity index is 823. The van der Waals surface area contributed by atoms with Gasteiger partial charge in [0.05, 0.1) is 11.9 Å². The number of anilines is 2. The predicted octanol–water partition coefficient (Wildman–Crippen LogP) is 3.38. The van der Waals surface area contributed by atoms with Crippen LogP contribution in [0.5, 0.6) is 0 Å². The highest BCUT2D eigenvalue weighted by Gasteiger charge is 2.19. The van der Waals surface area contributed by atoms with Gasteiger partial charge in [-0.3, -0.25) is 4.72 Å². The quantitative estimate of drug-likeness (QED) is 0.837. The Morgan fingerprint density at radius 1 is 1.15 bits per heavy atom. The smallest absolute Gasteiger partial charge is 0.236 e. The Hall–Kier alpha value is -2.12. The Morgan fingerprint density at radius 3 is 2.50 bits per heavy atom. The van der Waals surface area contributed by atoms with Gasteiger partial charge in [-0.05, 0) is 54.8 Å². The summed E-state index contributed by atoms with van der Waals surface area (Å²) in [5.41, 5.74) is 2.10. The minimum absolute atomic E-state index is 0.198. The summed E-state index contributed by atoms with van der Waals surface area (Å²) in [6, 6.07) is 12.8. The lowest BCUT2D eigenvalue weighted by atomic mass is 10.1. The van der Waals surface area contributed by atoms with Gasteiger partial charge in [-0.2, -0.15) is 0 Å². The summed E-state index contributed by atoms with van der Waals surface area (Å²) < 4.78 is 45.5. The molecule has 0 saturated carbocycles. The van der Waals surface area contributed by atoms with Crippen LogP contribution in [-0.2, 0) is 20.5 Å². The van der Waals surface area contributed by atoms with E-state index in [-0.39, 0.29) is 17.7 Å². The molecule has 1 aliphatic rings. The number of nitrogens with zero attached hydrogens (tertiary/aromatic N) is 1. The van der Waals surface area contributed by atoms with Gasteiger partial charge >= 0.3 is 0 Å². The fraction of sp³-hybridized carbons (Fsp3) is 0.368.